The van der Waals surface area contributed by atoms with Crippen LogP contribution in [0.2, 0.25) is 0 Å². The Hall–Kier alpha value is -1.88. The third kappa shape index (κ3) is 7.28. The molecule has 0 aliphatic heterocycles. The maximum absolute atomic E-state index is 13.9. The molecule has 0 aliphatic rings. The van der Waals surface area contributed by atoms with E-state index in [0.29, 0.717) is 0 Å². The summed E-state index contributed by atoms with van der Waals surface area (Å²) in [6.07, 6.45) is 4.83. The number of aliphatic hydroxyl groups excluding tert-OH is 1. The van der Waals surface area contributed by atoms with E-state index < -0.39 is 17.5 Å². The molecule has 2 N–H and O–H groups in total. The zero-order valence-corrected chi connectivity index (χ0v) is 14.2. The van der Waals surface area contributed by atoms with Crippen molar-refractivity contribution in [2.24, 2.45) is 0 Å². The number of anilines is 1. The number of rotatable bonds is 6. The SMILES string of the molecule is CC(/C=C/CCCO)c1ccc(F)c(NC(=O)OC(C)(C)C)c1. The van der Waals surface area contributed by atoms with Gasteiger partial charge in [-0.2, -0.15) is 0 Å². The number of aliphatic hydroxyl groups is 1. The van der Waals surface area contributed by atoms with Gasteiger partial charge < -0.3 is 9.84 Å². The summed E-state index contributed by atoms with van der Waals surface area (Å²) in [6, 6.07) is 4.64. The van der Waals surface area contributed by atoms with Gasteiger partial charge in [0.25, 0.3) is 0 Å². The average Bonchev–Trinajstić information content (AvgIpc) is 2.43. The van der Waals surface area contributed by atoms with Crippen LogP contribution in [0, 0.1) is 5.82 Å². The fourth-order valence-corrected chi connectivity index (χ4v) is 1.96. The van der Waals surface area contributed by atoms with E-state index >= 15 is 0 Å². The number of hydrogen-bond acceptors (Lipinski definition) is 3. The first-order valence-electron chi connectivity index (χ1n) is 7.80. The lowest BCUT2D eigenvalue weighted by Crippen LogP contribution is -2.27. The molecule has 23 heavy (non-hydrogen) atoms. The molecule has 4 nitrogen and oxygen atoms in total. The van der Waals surface area contributed by atoms with Crippen LogP contribution >= 0.6 is 0 Å². The molecular formula is C18H26FNO3. The Kier molecular flexibility index (Phi) is 7.23. The first-order chi connectivity index (χ1) is 10.7. The van der Waals surface area contributed by atoms with Crippen LogP contribution in [0.1, 0.15) is 52.0 Å². The van der Waals surface area contributed by atoms with Gasteiger partial charge in [0.15, 0.2) is 0 Å². The van der Waals surface area contributed by atoms with E-state index in [4.69, 9.17) is 9.84 Å². The number of allylic oxidation sites excluding steroid dienone is 2. The monoisotopic (exact) mass is 323 g/mol. The number of unbranched alkanes of at least 4 members (excludes halogenated alkanes) is 1. The first-order valence-corrected chi connectivity index (χ1v) is 7.80. The molecule has 0 bridgehead atoms. The summed E-state index contributed by atoms with van der Waals surface area (Å²) >= 11 is 0. The van der Waals surface area contributed by atoms with Gasteiger partial charge in [-0.3, -0.25) is 5.32 Å². The quantitative estimate of drug-likeness (QED) is 0.594. The highest BCUT2D eigenvalue weighted by Gasteiger charge is 2.17. The Balaban J connectivity index is 2.78. The van der Waals surface area contributed by atoms with E-state index in [9.17, 15) is 9.18 Å². The fourth-order valence-electron chi connectivity index (χ4n) is 1.96. The van der Waals surface area contributed by atoms with Crippen molar-refractivity contribution in [3.05, 3.63) is 41.7 Å². The molecule has 0 saturated carbocycles. The molecule has 1 aromatic carbocycles. The predicted molar refractivity (Wildman–Crippen MR) is 90.1 cm³/mol. The third-order valence-corrected chi connectivity index (χ3v) is 3.11. The van der Waals surface area contributed by atoms with E-state index in [1.807, 2.05) is 19.1 Å². The second-order valence-corrected chi connectivity index (χ2v) is 6.45. The molecule has 1 aromatic rings. The lowest BCUT2D eigenvalue weighted by Gasteiger charge is -2.20. The Morgan fingerprint density at radius 2 is 2.13 bits per heavy atom. The molecule has 0 aromatic heterocycles. The number of hydrogen-bond donors (Lipinski definition) is 2. The normalized spacial score (nSPS) is 13.1. The minimum Gasteiger partial charge on any atom is -0.444 e. The Bertz CT molecular complexity index is 550. The van der Waals surface area contributed by atoms with Gasteiger partial charge in [-0.15, -0.1) is 0 Å². The number of carbonyl (C=O) groups excluding carboxylic acids is 1. The molecule has 0 saturated heterocycles. The number of amides is 1. The lowest BCUT2D eigenvalue weighted by atomic mass is 9.99. The molecule has 1 amide bonds. The molecule has 0 fully saturated rings. The van der Waals surface area contributed by atoms with Gasteiger partial charge >= 0.3 is 6.09 Å². The number of carbonyl (C=O) groups is 1. The molecule has 0 heterocycles. The van der Waals surface area contributed by atoms with Crippen molar-refractivity contribution in [1.82, 2.24) is 0 Å². The average molecular weight is 323 g/mol. The number of ether oxygens (including phenoxy) is 1. The van der Waals surface area contributed by atoms with Gasteiger partial charge in [0.1, 0.15) is 11.4 Å². The Morgan fingerprint density at radius 3 is 2.74 bits per heavy atom. The molecule has 0 spiro atoms. The summed E-state index contributed by atoms with van der Waals surface area (Å²) in [5.41, 5.74) is 0.353. The second-order valence-electron chi connectivity index (χ2n) is 6.45. The molecule has 0 radical (unpaired) electrons. The zero-order chi connectivity index (χ0) is 17.5. The molecular weight excluding hydrogens is 297 g/mol. The van der Waals surface area contributed by atoms with Crippen LogP contribution in [0.5, 0.6) is 0 Å². The highest BCUT2D eigenvalue weighted by molar-refractivity contribution is 5.85. The highest BCUT2D eigenvalue weighted by Crippen LogP contribution is 2.24. The van der Waals surface area contributed by atoms with E-state index in [-0.39, 0.29) is 18.2 Å². The van der Waals surface area contributed by atoms with Gasteiger partial charge in [0, 0.05) is 6.61 Å². The minimum atomic E-state index is -0.681. The van der Waals surface area contributed by atoms with Crippen molar-refractivity contribution in [3.8, 4) is 0 Å². The van der Waals surface area contributed by atoms with Crippen molar-refractivity contribution in [2.75, 3.05) is 11.9 Å². The van der Waals surface area contributed by atoms with Crippen LogP contribution in [0.4, 0.5) is 14.9 Å². The highest BCUT2D eigenvalue weighted by atomic mass is 19.1. The van der Waals surface area contributed by atoms with E-state index in [2.05, 4.69) is 5.32 Å². The molecule has 1 unspecified atom stereocenters. The van der Waals surface area contributed by atoms with Crippen molar-refractivity contribution >= 4 is 11.8 Å². The van der Waals surface area contributed by atoms with Crippen LogP contribution in [-0.4, -0.2) is 23.4 Å². The topological polar surface area (TPSA) is 58.6 Å². The van der Waals surface area contributed by atoms with Gasteiger partial charge in [-0.25, -0.2) is 9.18 Å². The van der Waals surface area contributed by atoms with Crippen molar-refractivity contribution in [2.45, 2.75) is 52.1 Å². The van der Waals surface area contributed by atoms with Crippen LogP contribution in [0.3, 0.4) is 0 Å². The van der Waals surface area contributed by atoms with Crippen molar-refractivity contribution in [3.63, 3.8) is 0 Å². The summed E-state index contributed by atoms with van der Waals surface area (Å²) in [6.45, 7) is 7.40. The second kappa shape index (κ2) is 8.67. The van der Waals surface area contributed by atoms with Gasteiger partial charge in [0.2, 0.25) is 0 Å². The van der Waals surface area contributed by atoms with E-state index in [1.165, 1.54) is 6.07 Å². The van der Waals surface area contributed by atoms with Gasteiger partial charge in [0.05, 0.1) is 5.69 Å². The minimum absolute atomic E-state index is 0.0773. The fraction of sp³-hybridized carbons (Fsp3) is 0.500. The smallest absolute Gasteiger partial charge is 0.412 e. The maximum Gasteiger partial charge on any atom is 0.412 e. The zero-order valence-electron chi connectivity index (χ0n) is 14.2. The largest absolute Gasteiger partial charge is 0.444 e. The van der Waals surface area contributed by atoms with Gasteiger partial charge in [-0.1, -0.05) is 25.1 Å². The summed E-state index contributed by atoms with van der Waals surface area (Å²) in [5, 5.41) is 11.2. The molecule has 1 rings (SSSR count). The van der Waals surface area contributed by atoms with Crippen LogP contribution < -0.4 is 5.32 Å². The lowest BCUT2D eigenvalue weighted by molar-refractivity contribution is 0.0635. The number of halogens is 1. The summed E-state index contributed by atoms with van der Waals surface area (Å²) < 4.78 is 19.0. The molecule has 0 aliphatic carbocycles. The van der Waals surface area contributed by atoms with Crippen LogP contribution in [-0.2, 0) is 4.74 Å². The summed E-state index contributed by atoms with van der Waals surface area (Å²) in [7, 11) is 0. The number of benzene rings is 1. The summed E-state index contributed by atoms with van der Waals surface area (Å²) in [5.74, 6) is -0.426. The summed E-state index contributed by atoms with van der Waals surface area (Å²) in [4.78, 5) is 11.8. The molecule has 1 atom stereocenters. The van der Waals surface area contributed by atoms with E-state index in [0.717, 1.165) is 18.4 Å². The van der Waals surface area contributed by atoms with Crippen molar-refractivity contribution < 1.29 is 19.0 Å². The standard InChI is InChI=1S/C18H26FNO3/c1-13(8-6-5-7-11-21)14-9-10-15(19)16(12-14)20-17(22)23-18(2,3)4/h6,8-10,12-13,21H,5,7,11H2,1-4H3,(H,20,22)/b8-6+. The Labute approximate surface area is 137 Å². The number of nitrogens with one attached hydrogen (secondary N) is 1. The van der Waals surface area contributed by atoms with E-state index in [1.54, 1.807) is 32.9 Å². The molecule has 128 valence electrons. The van der Waals surface area contributed by atoms with Crippen molar-refractivity contribution in [1.29, 1.82) is 0 Å². The molecule has 5 heteroatoms. The van der Waals surface area contributed by atoms with Crippen LogP contribution in [0.15, 0.2) is 30.4 Å². The van der Waals surface area contributed by atoms with Gasteiger partial charge in [-0.05, 0) is 57.2 Å². The Morgan fingerprint density at radius 1 is 1.43 bits per heavy atom. The van der Waals surface area contributed by atoms with Crippen LogP contribution in [0.25, 0.3) is 0 Å². The predicted octanol–water partition coefficient (Wildman–Crippen LogP) is 4.60. The first kappa shape index (κ1) is 19.2. The third-order valence-electron chi connectivity index (χ3n) is 3.11. The maximum atomic E-state index is 13.9.